The van der Waals surface area contributed by atoms with Crippen LogP contribution in [0.2, 0.25) is 0 Å². The number of aromatic amines is 1. The van der Waals surface area contributed by atoms with Crippen LogP contribution in [-0.2, 0) is 16.6 Å². The lowest BCUT2D eigenvalue weighted by atomic mass is 10.2. The van der Waals surface area contributed by atoms with Crippen LogP contribution >= 0.6 is 0 Å². The predicted octanol–water partition coefficient (Wildman–Crippen LogP) is 0.610. The van der Waals surface area contributed by atoms with Gasteiger partial charge in [0.15, 0.2) is 0 Å². The van der Waals surface area contributed by atoms with E-state index in [9.17, 15) is 12.8 Å². The SMILES string of the molecule is Nc1[nH]ncc1S(=O)(=O)NCc1ccccc1F. The van der Waals surface area contributed by atoms with Gasteiger partial charge in [0.2, 0.25) is 10.0 Å². The van der Waals surface area contributed by atoms with Crippen molar-refractivity contribution in [1.29, 1.82) is 0 Å². The van der Waals surface area contributed by atoms with Gasteiger partial charge in [-0.3, -0.25) is 5.10 Å². The lowest BCUT2D eigenvalue weighted by molar-refractivity contribution is 0.575. The van der Waals surface area contributed by atoms with Crippen LogP contribution < -0.4 is 10.5 Å². The number of hydrogen-bond acceptors (Lipinski definition) is 4. The number of aromatic nitrogens is 2. The van der Waals surface area contributed by atoms with E-state index >= 15 is 0 Å². The Morgan fingerprint density at radius 1 is 1.39 bits per heavy atom. The van der Waals surface area contributed by atoms with E-state index in [1.165, 1.54) is 18.2 Å². The molecule has 0 radical (unpaired) electrons. The zero-order chi connectivity index (χ0) is 13.2. The number of H-pyrrole nitrogens is 1. The highest BCUT2D eigenvalue weighted by Crippen LogP contribution is 2.14. The van der Waals surface area contributed by atoms with Gasteiger partial charge >= 0.3 is 0 Å². The van der Waals surface area contributed by atoms with Crippen LogP contribution in [0.25, 0.3) is 0 Å². The van der Waals surface area contributed by atoms with E-state index in [2.05, 4.69) is 14.9 Å². The molecule has 0 bridgehead atoms. The Bertz CT molecular complexity index is 653. The third kappa shape index (κ3) is 2.49. The van der Waals surface area contributed by atoms with Crippen molar-refractivity contribution < 1.29 is 12.8 Å². The molecule has 6 nitrogen and oxygen atoms in total. The maximum Gasteiger partial charge on any atom is 0.246 e. The minimum absolute atomic E-state index is 0.0592. The van der Waals surface area contributed by atoms with Crippen LogP contribution in [0.1, 0.15) is 5.56 Å². The summed E-state index contributed by atoms with van der Waals surface area (Å²) in [6, 6.07) is 5.91. The molecule has 0 aliphatic rings. The fraction of sp³-hybridized carbons (Fsp3) is 0.100. The molecule has 4 N–H and O–H groups in total. The zero-order valence-corrected chi connectivity index (χ0v) is 10.0. The van der Waals surface area contributed by atoms with E-state index < -0.39 is 15.8 Å². The van der Waals surface area contributed by atoms with Gasteiger partial charge in [0.05, 0.1) is 6.20 Å². The zero-order valence-electron chi connectivity index (χ0n) is 9.22. The molecule has 0 atom stereocenters. The number of hydrogen-bond donors (Lipinski definition) is 3. The van der Waals surface area contributed by atoms with Crippen molar-refractivity contribution in [2.24, 2.45) is 0 Å². The summed E-state index contributed by atoms with van der Waals surface area (Å²) in [5.41, 5.74) is 5.67. The van der Waals surface area contributed by atoms with Crippen molar-refractivity contribution in [3.63, 3.8) is 0 Å². The number of nitrogens with two attached hydrogens (primary N) is 1. The molecule has 1 aromatic heterocycles. The highest BCUT2D eigenvalue weighted by Gasteiger charge is 2.19. The molecule has 0 fully saturated rings. The second-order valence-electron chi connectivity index (χ2n) is 3.56. The first-order valence-corrected chi connectivity index (χ1v) is 6.51. The van der Waals surface area contributed by atoms with E-state index in [1.807, 2.05) is 0 Å². The van der Waals surface area contributed by atoms with Crippen LogP contribution in [0.4, 0.5) is 10.2 Å². The Morgan fingerprint density at radius 3 is 2.72 bits per heavy atom. The number of benzene rings is 1. The van der Waals surface area contributed by atoms with Crippen LogP contribution in [0.3, 0.4) is 0 Å². The Hall–Kier alpha value is -1.93. The quantitative estimate of drug-likeness (QED) is 0.757. The molecule has 0 aliphatic carbocycles. The molecule has 18 heavy (non-hydrogen) atoms. The molecule has 2 rings (SSSR count). The van der Waals surface area contributed by atoms with Gasteiger partial charge in [-0.05, 0) is 6.07 Å². The third-order valence-electron chi connectivity index (χ3n) is 2.33. The molecular formula is C10H11FN4O2S. The summed E-state index contributed by atoms with van der Waals surface area (Å²) in [5.74, 6) is -0.531. The first-order chi connectivity index (χ1) is 8.50. The molecular weight excluding hydrogens is 259 g/mol. The fourth-order valence-electron chi connectivity index (χ4n) is 1.39. The Morgan fingerprint density at radius 2 is 2.11 bits per heavy atom. The van der Waals surface area contributed by atoms with Crippen LogP contribution in [0.5, 0.6) is 0 Å². The van der Waals surface area contributed by atoms with Crippen molar-refractivity contribution in [3.05, 3.63) is 41.8 Å². The summed E-state index contributed by atoms with van der Waals surface area (Å²) < 4.78 is 39.2. The summed E-state index contributed by atoms with van der Waals surface area (Å²) in [6.45, 7) is -0.153. The number of nitrogen functional groups attached to an aromatic ring is 1. The highest BCUT2D eigenvalue weighted by atomic mass is 32.2. The van der Waals surface area contributed by atoms with Gasteiger partial charge in [0.1, 0.15) is 16.5 Å². The van der Waals surface area contributed by atoms with Crippen molar-refractivity contribution >= 4 is 15.8 Å². The smallest absolute Gasteiger partial charge is 0.246 e. The van der Waals surface area contributed by atoms with E-state index in [4.69, 9.17) is 5.73 Å². The Balaban J connectivity index is 2.16. The van der Waals surface area contributed by atoms with Crippen molar-refractivity contribution in [2.75, 3.05) is 5.73 Å². The average molecular weight is 270 g/mol. The minimum Gasteiger partial charge on any atom is -0.383 e. The molecule has 0 saturated carbocycles. The number of rotatable bonds is 4. The van der Waals surface area contributed by atoms with Crippen LogP contribution in [0, 0.1) is 5.82 Å². The summed E-state index contributed by atoms with van der Waals surface area (Å²) in [7, 11) is -3.80. The maximum absolute atomic E-state index is 13.3. The fourth-order valence-corrected chi connectivity index (χ4v) is 2.42. The summed E-state index contributed by atoms with van der Waals surface area (Å²) in [5, 5.41) is 5.84. The molecule has 0 amide bonds. The Kier molecular flexibility index (Phi) is 3.30. The monoisotopic (exact) mass is 270 g/mol. The average Bonchev–Trinajstić information content (AvgIpc) is 2.75. The van der Waals surface area contributed by atoms with Crippen LogP contribution in [-0.4, -0.2) is 18.6 Å². The van der Waals surface area contributed by atoms with Gasteiger partial charge in [-0.2, -0.15) is 5.10 Å². The molecule has 0 unspecified atom stereocenters. The number of halogens is 1. The number of anilines is 1. The van der Waals surface area contributed by atoms with Crippen molar-refractivity contribution in [3.8, 4) is 0 Å². The van der Waals surface area contributed by atoms with Gasteiger partial charge in [0, 0.05) is 12.1 Å². The predicted molar refractivity (Wildman–Crippen MR) is 63.4 cm³/mol. The van der Waals surface area contributed by atoms with Gasteiger partial charge in [-0.15, -0.1) is 0 Å². The maximum atomic E-state index is 13.3. The van der Waals surface area contributed by atoms with Crippen LogP contribution in [0.15, 0.2) is 35.4 Å². The topological polar surface area (TPSA) is 101 Å². The lowest BCUT2D eigenvalue weighted by Gasteiger charge is -2.06. The molecule has 96 valence electrons. The largest absolute Gasteiger partial charge is 0.383 e. The van der Waals surface area contributed by atoms with Crippen molar-refractivity contribution in [1.82, 2.24) is 14.9 Å². The minimum atomic E-state index is -3.80. The molecule has 8 heteroatoms. The van der Waals surface area contributed by atoms with E-state index in [0.717, 1.165) is 6.20 Å². The first-order valence-electron chi connectivity index (χ1n) is 5.02. The number of nitrogens with zero attached hydrogens (tertiary/aromatic N) is 1. The summed E-state index contributed by atoms with van der Waals surface area (Å²) in [6.07, 6.45) is 1.10. The van der Waals surface area contributed by atoms with E-state index in [0.29, 0.717) is 0 Å². The highest BCUT2D eigenvalue weighted by molar-refractivity contribution is 7.89. The third-order valence-corrected chi connectivity index (χ3v) is 3.76. The summed E-state index contributed by atoms with van der Waals surface area (Å²) >= 11 is 0. The van der Waals surface area contributed by atoms with E-state index in [1.54, 1.807) is 6.07 Å². The molecule has 1 heterocycles. The molecule has 0 saturated heterocycles. The van der Waals surface area contributed by atoms with Crippen molar-refractivity contribution in [2.45, 2.75) is 11.4 Å². The lowest BCUT2D eigenvalue weighted by Crippen LogP contribution is -2.24. The molecule has 0 spiro atoms. The number of sulfonamides is 1. The molecule has 0 aliphatic heterocycles. The number of nitrogens with one attached hydrogen (secondary N) is 2. The molecule has 1 aromatic carbocycles. The van der Waals surface area contributed by atoms with Gasteiger partial charge in [0.25, 0.3) is 0 Å². The normalized spacial score (nSPS) is 11.6. The first kappa shape index (κ1) is 12.5. The van der Waals surface area contributed by atoms with E-state index in [-0.39, 0.29) is 22.8 Å². The summed E-state index contributed by atoms with van der Waals surface area (Å²) in [4.78, 5) is -0.154. The van der Waals surface area contributed by atoms with Gasteiger partial charge in [-0.25, -0.2) is 17.5 Å². The van der Waals surface area contributed by atoms with Gasteiger partial charge < -0.3 is 5.73 Å². The second kappa shape index (κ2) is 4.75. The Labute approximate surface area is 103 Å². The standard InChI is InChI=1S/C10H11FN4O2S/c11-8-4-2-1-3-7(8)5-14-18(16,17)9-6-13-15-10(9)12/h1-4,6,14H,5H2,(H3,12,13,15). The van der Waals surface area contributed by atoms with Gasteiger partial charge in [-0.1, -0.05) is 18.2 Å². The molecule has 2 aromatic rings. The second-order valence-corrected chi connectivity index (χ2v) is 5.30.